The quantitative estimate of drug-likeness (QED) is 0.523. The van der Waals surface area contributed by atoms with E-state index in [2.05, 4.69) is 16.0 Å². The minimum Gasteiger partial charge on any atom is -0.465 e. The predicted octanol–water partition coefficient (Wildman–Crippen LogP) is 3.56. The van der Waals surface area contributed by atoms with Gasteiger partial charge in [0, 0.05) is 5.70 Å². The SMILES string of the molecule is COC(=O)c1ccc([C@H]2NC(=S)NC(C)=C2C(=O)Nc2ccccc2Cl)cc1. The molecule has 144 valence electrons. The Labute approximate surface area is 172 Å². The molecule has 0 radical (unpaired) electrons. The predicted molar refractivity (Wildman–Crippen MR) is 112 cm³/mol. The van der Waals surface area contributed by atoms with Gasteiger partial charge in [0.2, 0.25) is 0 Å². The highest BCUT2D eigenvalue weighted by Crippen LogP contribution is 2.29. The highest BCUT2D eigenvalue weighted by atomic mass is 35.5. The number of carbonyl (C=O) groups excluding carboxylic acids is 2. The van der Waals surface area contributed by atoms with E-state index in [1.807, 2.05) is 0 Å². The third kappa shape index (κ3) is 4.16. The molecular weight excluding hydrogens is 398 g/mol. The molecule has 0 unspecified atom stereocenters. The Balaban J connectivity index is 1.93. The van der Waals surface area contributed by atoms with E-state index in [4.69, 9.17) is 28.6 Å². The standard InChI is InChI=1S/C20H18ClN3O3S/c1-11-16(18(25)23-15-6-4-3-5-14(15)21)17(24-20(28)22-11)12-7-9-13(10-8-12)19(26)27-2/h3-10,17H,1-2H3,(H,23,25)(H2,22,24,28)/t17-/m1/s1. The van der Waals surface area contributed by atoms with Crippen molar-refractivity contribution in [1.29, 1.82) is 0 Å². The molecule has 1 aliphatic rings. The average Bonchev–Trinajstić information content (AvgIpc) is 2.68. The summed E-state index contributed by atoms with van der Waals surface area (Å²) in [7, 11) is 1.33. The Bertz CT molecular complexity index is 973. The minimum absolute atomic E-state index is 0.310. The zero-order chi connectivity index (χ0) is 20.3. The van der Waals surface area contributed by atoms with Crippen molar-refractivity contribution >= 4 is 46.5 Å². The molecule has 3 N–H and O–H groups in total. The maximum Gasteiger partial charge on any atom is 0.337 e. The summed E-state index contributed by atoms with van der Waals surface area (Å²) in [5.74, 6) is -0.737. The molecule has 3 rings (SSSR count). The summed E-state index contributed by atoms with van der Waals surface area (Å²) in [6.45, 7) is 1.78. The second-order valence-electron chi connectivity index (χ2n) is 6.12. The number of thiocarbonyl (C=S) groups is 1. The van der Waals surface area contributed by atoms with Crippen LogP contribution in [-0.4, -0.2) is 24.1 Å². The first kappa shape index (κ1) is 19.9. The number of halogens is 1. The van der Waals surface area contributed by atoms with E-state index in [1.54, 1.807) is 55.5 Å². The van der Waals surface area contributed by atoms with Crippen LogP contribution in [0.3, 0.4) is 0 Å². The highest BCUT2D eigenvalue weighted by molar-refractivity contribution is 7.80. The van der Waals surface area contributed by atoms with Crippen LogP contribution in [0.1, 0.15) is 28.9 Å². The molecule has 1 aliphatic heterocycles. The van der Waals surface area contributed by atoms with Crippen molar-refractivity contribution in [1.82, 2.24) is 10.6 Å². The number of ether oxygens (including phenoxy) is 1. The summed E-state index contributed by atoms with van der Waals surface area (Å²) in [5, 5.41) is 9.78. The van der Waals surface area contributed by atoms with E-state index >= 15 is 0 Å². The number of amides is 1. The minimum atomic E-state index is -0.483. The van der Waals surface area contributed by atoms with E-state index < -0.39 is 12.0 Å². The second kappa shape index (κ2) is 8.41. The Morgan fingerprint density at radius 3 is 2.46 bits per heavy atom. The van der Waals surface area contributed by atoms with E-state index in [1.165, 1.54) is 7.11 Å². The number of esters is 1. The molecule has 1 atom stereocenters. The maximum absolute atomic E-state index is 13.0. The zero-order valence-electron chi connectivity index (χ0n) is 15.2. The van der Waals surface area contributed by atoms with Crippen LogP contribution < -0.4 is 16.0 Å². The van der Waals surface area contributed by atoms with Gasteiger partial charge in [-0.15, -0.1) is 0 Å². The summed E-state index contributed by atoms with van der Waals surface area (Å²) in [6.07, 6.45) is 0. The Morgan fingerprint density at radius 2 is 1.82 bits per heavy atom. The zero-order valence-corrected chi connectivity index (χ0v) is 16.8. The molecule has 2 aromatic carbocycles. The fourth-order valence-corrected chi connectivity index (χ4v) is 3.38. The number of methoxy groups -OCH3 is 1. The van der Waals surface area contributed by atoms with Crippen LogP contribution >= 0.6 is 23.8 Å². The van der Waals surface area contributed by atoms with Gasteiger partial charge in [0.25, 0.3) is 5.91 Å². The van der Waals surface area contributed by atoms with Crippen molar-refractivity contribution < 1.29 is 14.3 Å². The lowest BCUT2D eigenvalue weighted by molar-refractivity contribution is -0.113. The second-order valence-corrected chi connectivity index (χ2v) is 6.93. The lowest BCUT2D eigenvalue weighted by Crippen LogP contribution is -2.45. The number of hydrogen-bond donors (Lipinski definition) is 3. The van der Waals surface area contributed by atoms with Gasteiger partial charge < -0.3 is 20.7 Å². The largest absolute Gasteiger partial charge is 0.465 e. The molecule has 0 bridgehead atoms. The molecule has 0 fully saturated rings. The van der Waals surface area contributed by atoms with Crippen molar-refractivity contribution in [2.45, 2.75) is 13.0 Å². The van der Waals surface area contributed by atoms with Gasteiger partial charge in [0.1, 0.15) is 0 Å². The van der Waals surface area contributed by atoms with Gasteiger partial charge in [-0.1, -0.05) is 35.9 Å². The van der Waals surface area contributed by atoms with Gasteiger partial charge in [-0.3, -0.25) is 4.79 Å². The fourth-order valence-electron chi connectivity index (χ4n) is 2.93. The van der Waals surface area contributed by atoms with Gasteiger partial charge in [0.15, 0.2) is 5.11 Å². The van der Waals surface area contributed by atoms with E-state index in [0.29, 0.717) is 32.7 Å². The number of para-hydroxylation sites is 1. The molecule has 2 aromatic rings. The van der Waals surface area contributed by atoms with E-state index in [9.17, 15) is 9.59 Å². The third-order valence-electron chi connectivity index (χ3n) is 4.30. The molecule has 28 heavy (non-hydrogen) atoms. The molecule has 0 saturated carbocycles. The van der Waals surface area contributed by atoms with Crippen LogP contribution in [0, 0.1) is 0 Å². The monoisotopic (exact) mass is 415 g/mol. The molecule has 0 saturated heterocycles. The van der Waals surface area contributed by atoms with Crippen molar-refractivity contribution in [3.05, 3.63) is 76.0 Å². The lowest BCUT2D eigenvalue weighted by atomic mass is 9.94. The molecule has 1 amide bonds. The van der Waals surface area contributed by atoms with Crippen LogP contribution in [0.5, 0.6) is 0 Å². The first-order chi connectivity index (χ1) is 13.4. The van der Waals surface area contributed by atoms with E-state index in [-0.39, 0.29) is 5.91 Å². The highest BCUT2D eigenvalue weighted by Gasteiger charge is 2.30. The topological polar surface area (TPSA) is 79.5 Å². The first-order valence-electron chi connectivity index (χ1n) is 8.43. The Kier molecular flexibility index (Phi) is 5.96. The summed E-state index contributed by atoms with van der Waals surface area (Å²) in [4.78, 5) is 24.7. The number of anilines is 1. The molecule has 6 nitrogen and oxygen atoms in total. The van der Waals surface area contributed by atoms with Crippen molar-refractivity contribution in [2.75, 3.05) is 12.4 Å². The van der Waals surface area contributed by atoms with Gasteiger partial charge >= 0.3 is 5.97 Å². The molecule has 0 spiro atoms. The van der Waals surface area contributed by atoms with Crippen molar-refractivity contribution in [3.8, 4) is 0 Å². The molecule has 1 heterocycles. The number of allylic oxidation sites excluding steroid dienone is 1. The van der Waals surface area contributed by atoms with Crippen LogP contribution in [0.2, 0.25) is 5.02 Å². The Morgan fingerprint density at radius 1 is 1.14 bits per heavy atom. The summed E-state index contributed by atoms with van der Waals surface area (Å²) in [6, 6.07) is 13.3. The van der Waals surface area contributed by atoms with Gasteiger partial charge in [-0.2, -0.15) is 0 Å². The number of nitrogens with one attached hydrogen (secondary N) is 3. The van der Waals surface area contributed by atoms with Crippen molar-refractivity contribution in [3.63, 3.8) is 0 Å². The van der Waals surface area contributed by atoms with Crippen LogP contribution in [0.4, 0.5) is 5.69 Å². The summed E-state index contributed by atoms with van der Waals surface area (Å²) < 4.78 is 4.72. The first-order valence-corrected chi connectivity index (χ1v) is 9.21. The van der Waals surface area contributed by atoms with E-state index in [0.717, 1.165) is 5.56 Å². The summed E-state index contributed by atoms with van der Waals surface area (Å²) in [5.41, 5.74) is 2.82. The Hall–Kier alpha value is -2.90. The normalized spacial score (nSPS) is 16.1. The van der Waals surface area contributed by atoms with Crippen LogP contribution in [0.15, 0.2) is 59.8 Å². The van der Waals surface area contributed by atoms with Crippen molar-refractivity contribution in [2.24, 2.45) is 0 Å². The fraction of sp³-hybridized carbons (Fsp3) is 0.150. The number of benzene rings is 2. The number of rotatable bonds is 4. The third-order valence-corrected chi connectivity index (χ3v) is 4.85. The van der Waals surface area contributed by atoms with Gasteiger partial charge in [-0.05, 0) is 49.0 Å². The lowest BCUT2D eigenvalue weighted by Gasteiger charge is -2.30. The number of carbonyl (C=O) groups is 2. The van der Waals surface area contributed by atoms with Gasteiger partial charge in [0.05, 0.1) is 35.0 Å². The number of hydrogen-bond acceptors (Lipinski definition) is 4. The van der Waals surface area contributed by atoms with Crippen LogP contribution in [0.25, 0.3) is 0 Å². The average molecular weight is 416 g/mol. The van der Waals surface area contributed by atoms with Gasteiger partial charge in [-0.25, -0.2) is 4.79 Å². The smallest absolute Gasteiger partial charge is 0.337 e. The molecule has 0 aromatic heterocycles. The molecular formula is C20H18ClN3O3S. The molecule has 0 aliphatic carbocycles. The van der Waals surface area contributed by atoms with Crippen LogP contribution in [-0.2, 0) is 9.53 Å². The maximum atomic E-state index is 13.0. The summed E-state index contributed by atoms with van der Waals surface area (Å²) >= 11 is 11.4. The molecule has 8 heteroatoms.